The molecule has 1 aliphatic rings. The van der Waals surface area contributed by atoms with Gasteiger partial charge in [-0.25, -0.2) is 4.98 Å². The highest BCUT2D eigenvalue weighted by Gasteiger charge is 2.14. The molecule has 0 amide bonds. The summed E-state index contributed by atoms with van der Waals surface area (Å²) in [6.07, 6.45) is 0.890. The molecular formula is C7H11N5. The molecular weight excluding hydrogens is 154 g/mol. The third-order valence-corrected chi connectivity index (χ3v) is 1.99. The largest absolute Gasteiger partial charge is 0.383 e. The van der Waals surface area contributed by atoms with Crippen molar-refractivity contribution in [1.29, 1.82) is 0 Å². The molecule has 0 aliphatic carbocycles. The zero-order valence-corrected chi connectivity index (χ0v) is 6.67. The molecule has 0 radical (unpaired) electrons. The van der Waals surface area contributed by atoms with Crippen LogP contribution in [0.1, 0.15) is 11.3 Å². The molecule has 1 aromatic heterocycles. The van der Waals surface area contributed by atoms with Crippen molar-refractivity contribution in [3.63, 3.8) is 0 Å². The van der Waals surface area contributed by atoms with Crippen molar-refractivity contribution in [3.05, 3.63) is 11.3 Å². The van der Waals surface area contributed by atoms with Crippen LogP contribution in [0.5, 0.6) is 0 Å². The third kappa shape index (κ3) is 1.08. The minimum absolute atomic E-state index is 0.259. The highest BCUT2D eigenvalue weighted by molar-refractivity contribution is 5.46. The zero-order valence-electron chi connectivity index (χ0n) is 6.67. The molecule has 0 saturated heterocycles. The van der Waals surface area contributed by atoms with E-state index in [9.17, 15) is 0 Å². The van der Waals surface area contributed by atoms with Gasteiger partial charge < -0.3 is 16.8 Å². The Morgan fingerprint density at radius 2 is 2.08 bits per heavy atom. The van der Waals surface area contributed by atoms with Gasteiger partial charge in [0.2, 0.25) is 5.95 Å². The number of aromatic nitrogens is 2. The Morgan fingerprint density at radius 3 is 2.92 bits per heavy atom. The summed E-state index contributed by atoms with van der Waals surface area (Å²) in [7, 11) is 0. The van der Waals surface area contributed by atoms with Gasteiger partial charge in [-0.05, 0) is 13.0 Å². The van der Waals surface area contributed by atoms with Crippen LogP contribution >= 0.6 is 0 Å². The minimum atomic E-state index is 0.259. The third-order valence-electron chi connectivity index (χ3n) is 1.99. The number of hydrogen-bond acceptors (Lipinski definition) is 5. The number of nitrogens with one attached hydrogen (secondary N) is 1. The highest BCUT2D eigenvalue weighted by atomic mass is 15.1. The minimum Gasteiger partial charge on any atom is -0.383 e. The second-order valence-electron chi connectivity index (χ2n) is 2.82. The second kappa shape index (κ2) is 2.60. The van der Waals surface area contributed by atoms with E-state index in [-0.39, 0.29) is 5.95 Å². The molecule has 1 aromatic rings. The van der Waals surface area contributed by atoms with E-state index < -0.39 is 0 Å². The zero-order chi connectivity index (χ0) is 8.55. The maximum Gasteiger partial charge on any atom is 0.222 e. The second-order valence-corrected chi connectivity index (χ2v) is 2.82. The Hall–Kier alpha value is -1.36. The SMILES string of the molecule is Nc1nc(N)c2c(n1)CNCC2. The molecule has 0 fully saturated rings. The monoisotopic (exact) mass is 165 g/mol. The number of hydrogen-bond donors (Lipinski definition) is 3. The fourth-order valence-corrected chi connectivity index (χ4v) is 1.41. The average Bonchev–Trinajstić information content (AvgIpc) is 2.04. The molecule has 0 saturated carbocycles. The van der Waals surface area contributed by atoms with Gasteiger partial charge in [-0.1, -0.05) is 0 Å². The Balaban J connectivity index is 2.53. The lowest BCUT2D eigenvalue weighted by Gasteiger charge is -2.16. The van der Waals surface area contributed by atoms with Gasteiger partial charge in [-0.2, -0.15) is 4.98 Å². The number of nitrogens with two attached hydrogens (primary N) is 2. The van der Waals surface area contributed by atoms with E-state index >= 15 is 0 Å². The van der Waals surface area contributed by atoms with Crippen LogP contribution in [0.4, 0.5) is 11.8 Å². The molecule has 0 atom stereocenters. The first-order valence-electron chi connectivity index (χ1n) is 3.89. The van der Waals surface area contributed by atoms with Crippen molar-refractivity contribution in [2.24, 2.45) is 0 Å². The first kappa shape index (κ1) is 7.30. The van der Waals surface area contributed by atoms with E-state index in [1.165, 1.54) is 0 Å². The van der Waals surface area contributed by atoms with Crippen LogP contribution in [0.3, 0.4) is 0 Å². The molecule has 12 heavy (non-hydrogen) atoms. The van der Waals surface area contributed by atoms with E-state index in [1.54, 1.807) is 0 Å². The lowest BCUT2D eigenvalue weighted by molar-refractivity contribution is 0.626. The molecule has 2 heterocycles. The summed E-state index contributed by atoms with van der Waals surface area (Å²) in [6.45, 7) is 1.68. The predicted molar refractivity (Wildman–Crippen MR) is 46.3 cm³/mol. The Kier molecular flexibility index (Phi) is 1.58. The van der Waals surface area contributed by atoms with Crippen LogP contribution < -0.4 is 16.8 Å². The van der Waals surface area contributed by atoms with Crippen LogP contribution in [0.15, 0.2) is 0 Å². The van der Waals surface area contributed by atoms with Crippen LogP contribution in [-0.2, 0) is 13.0 Å². The van der Waals surface area contributed by atoms with Crippen molar-refractivity contribution in [2.45, 2.75) is 13.0 Å². The van der Waals surface area contributed by atoms with Crippen molar-refractivity contribution in [1.82, 2.24) is 15.3 Å². The fraction of sp³-hybridized carbons (Fsp3) is 0.429. The van der Waals surface area contributed by atoms with E-state index in [2.05, 4.69) is 15.3 Å². The van der Waals surface area contributed by atoms with Gasteiger partial charge in [0, 0.05) is 12.1 Å². The first-order chi connectivity index (χ1) is 5.77. The van der Waals surface area contributed by atoms with Gasteiger partial charge in [0.05, 0.1) is 5.69 Å². The normalized spacial score (nSPS) is 15.7. The lowest BCUT2D eigenvalue weighted by Crippen LogP contribution is -2.26. The highest BCUT2D eigenvalue weighted by Crippen LogP contribution is 2.17. The lowest BCUT2D eigenvalue weighted by atomic mass is 10.1. The number of anilines is 2. The number of nitrogens with zero attached hydrogens (tertiary/aromatic N) is 2. The topological polar surface area (TPSA) is 89.8 Å². The number of fused-ring (bicyclic) bond motifs is 1. The first-order valence-corrected chi connectivity index (χ1v) is 3.89. The van der Waals surface area contributed by atoms with Crippen molar-refractivity contribution < 1.29 is 0 Å². The molecule has 0 aromatic carbocycles. The molecule has 5 nitrogen and oxygen atoms in total. The smallest absolute Gasteiger partial charge is 0.222 e. The Labute approximate surface area is 70.2 Å². The standard InChI is InChI=1S/C7H11N5/c8-6-4-1-2-10-3-5(4)11-7(9)12-6/h10H,1-3H2,(H4,8,9,11,12). The Morgan fingerprint density at radius 1 is 1.25 bits per heavy atom. The summed E-state index contributed by atoms with van der Waals surface area (Å²) < 4.78 is 0. The fourth-order valence-electron chi connectivity index (χ4n) is 1.41. The van der Waals surface area contributed by atoms with Crippen LogP contribution in [0, 0.1) is 0 Å². The van der Waals surface area contributed by atoms with E-state index in [4.69, 9.17) is 11.5 Å². The van der Waals surface area contributed by atoms with Crippen LogP contribution in [0.25, 0.3) is 0 Å². The summed E-state index contributed by atoms with van der Waals surface area (Å²) in [6, 6.07) is 0. The van der Waals surface area contributed by atoms with Gasteiger partial charge in [-0.15, -0.1) is 0 Å². The maximum atomic E-state index is 5.68. The molecule has 0 spiro atoms. The van der Waals surface area contributed by atoms with Crippen molar-refractivity contribution >= 4 is 11.8 Å². The molecule has 2 rings (SSSR count). The van der Waals surface area contributed by atoms with Gasteiger partial charge in [0.15, 0.2) is 0 Å². The average molecular weight is 165 g/mol. The molecule has 1 aliphatic heterocycles. The van der Waals surface area contributed by atoms with Crippen molar-refractivity contribution in [2.75, 3.05) is 18.0 Å². The van der Waals surface area contributed by atoms with E-state index in [0.29, 0.717) is 5.82 Å². The van der Waals surface area contributed by atoms with Crippen molar-refractivity contribution in [3.8, 4) is 0 Å². The molecule has 0 unspecified atom stereocenters. The molecule has 0 bridgehead atoms. The summed E-state index contributed by atoms with van der Waals surface area (Å²) in [5, 5.41) is 3.19. The summed E-state index contributed by atoms with van der Waals surface area (Å²) in [5.74, 6) is 0.786. The van der Waals surface area contributed by atoms with Gasteiger partial charge in [0.25, 0.3) is 0 Å². The van der Waals surface area contributed by atoms with E-state index in [1.807, 2.05) is 0 Å². The number of nitrogen functional groups attached to an aromatic ring is 2. The Bertz CT molecular complexity index is 309. The molecule has 5 heteroatoms. The quantitative estimate of drug-likeness (QED) is 0.472. The van der Waals surface area contributed by atoms with Crippen LogP contribution in [0.2, 0.25) is 0 Å². The molecule has 64 valence electrons. The summed E-state index contributed by atoms with van der Waals surface area (Å²) in [4.78, 5) is 8.00. The van der Waals surface area contributed by atoms with E-state index in [0.717, 1.165) is 30.8 Å². The van der Waals surface area contributed by atoms with Gasteiger partial charge in [-0.3, -0.25) is 0 Å². The molecule has 5 N–H and O–H groups in total. The van der Waals surface area contributed by atoms with Gasteiger partial charge in [0.1, 0.15) is 5.82 Å². The summed E-state index contributed by atoms with van der Waals surface area (Å²) >= 11 is 0. The maximum absolute atomic E-state index is 5.68. The number of rotatable bonds is 0. The van der Waals surface area contributed by atoms with Gasteiger partial charge >= 0.3 is 0 Å². The predicted octanol–water partition coefficient (Wildman–Crippen LogP) is -0.713. The summed E-state index contributed by atoms with van der Waals surface area (Å²) in [5.41, 5.74) is 13.1. The van der Waals surface area contributed by atoms with Crippen LogP contribution in [-0.4, -0.2) is 16.5 Å².